The van der Waals surface area contributed by atoms with Gasteiger partial charge in [-0.25, -0.2) is 0 Å². The van der Waals surface area contributed by atoms with E-state index in [1.807, 2.05) is 0 Å². The van der Waals surface area contributed by atoms with Crippen LogP contribution in [0.3, 0.4) is 0 Å². The van der Waals surface area contributed by atoms with Crippen LogP contribution in [0, 0.1) is 17.8 Å². The first-order chi connectivity index (χ1) is 8.04. The van der Waals surface area contributed by atoms with Crippen LogP contribution in [0.15, 0.2) is 0 Å². The smallest absolute Gasteiger partial charge is 0.220 e. The molecule has 3 unspecified atom stereocenters. The molecular weight excluding hydrogens is 248 g/mol. The van der Waals surface area contributed by atoms with Crippen molar-refractivity contribution in [2.75, 3.05) is 6.54 Å². The molecule has 108 valence electrons. The molecule has 1 fully saturated rings. The van der Waals surface area contributed by atoms with Gasteiger partial charge in [-0.15, -0.1) is 12.4 Å². The van der Waals surface area contributed by atoms with Gasteiger partial charge in [0.15, 0.2) is 0 Å². The molecule has 0 heterocycles. The lowest BCUT2D eigenvalue weighted by Crippen LogP contribution is -2.45. The summed E-state index contributed by atoms with van der Waals surface area (Å²) in [5.74, 6) is 1.71. The Morgan fingerprint density at radius 2 is 1.89 bits per heavy atom. The lowest BCUT2D eigenvalue weighted by molar-refractivity contribution is -0.123. The van der Waals surface area contributed by atoms with E-state index in [0.29, 0.717) is 36.8 Å². The van der Waals surface area contributed by atoms with E-state index in [1.54, 1.807) is 0 Å². The van der Waals surface area contributed by atoms with Gasteiger partial charge < -0.3 is 11.1 Å². The van der Waals surface area contributed by atoms with Crippen molar-refractivity contribution >= 4 is 18.3 Å². The summed E-state index contributed by atoms with van der Waals surface area (Å²) in [6.07, 6.45) is 5.40. The van der Waals surface area contributed by atoms with Gasteiger partial charge in [-0.1, -0.05) is 33.6 Å². The molecule has 1 aliphatic carbocycles. The zero-order chi connectivity index (χ0) is 12.8. The summed E-state index contributed by atoms with van der Waals surface area (Å²) in [7, 11) is 0. The number of hydrogen-bond acceptors (Lipinski definition) is 2. The largest absolute Gasteiger partial charge is 0.353 e. The number of hydrogen-bond donors (Lipinski definition) is 2. The molecule has 0 spiro atoms. The van der Waals surface area contributed by atoms with Gasteiger partial charge in [0.05, 0.1) is 0 Å². The second-order valence-corrected chi connectivity index (χ2v) is 5.88. The molecule has 0 aromatic heterocycles. The van der Waals surface area contributed by atoms with Crippen molar-refractivity contribution in [2.45, 2.75) is 58.9 Å². The van der Waals surface area contributed by atoms with Gasteiger partial charge in [-0.05, 0) is 37.1 Å². The van der Waals surface area contributed by atoms with Crippen molar-refractivity contribution < 1.29 is 4.79 Å². The zero-order valence-corrected chi connectivity index (χ0v) is 12.8. The minimum atomic E-state index is 0. The van der Waals surface area contributed by atoms with Crippen LogP contribution in [0.2, 0.25) is 0 Å². The number of nitrogens with two attached hydrogens (primary N) is 1. The summed E-state index contributed by atoms with van der Waals surface area (Å²) in [5, 5.41) is 3.19. The molecule has 0 aromatic carbocycles. The standard InChI is InChI=1S/C14H28N2O.ClH/c1-10(2)11(3)8-14(17)16-13-7-5-4-6-12(13)9-15;/h10-13H,4-9,15H2,1-3H3,(H,16,17);1H. The summed E-state index contributed by atoms with van der Waals surface area (Å²) >= 11 is 0. The monoisotopic (exact) mass is 276 g/mol. The van der Waals surface area contributed by atoms with Crippen LogP contribution in [-0.2, 0) is 4.79 Å². The highest BCUT2D eigenvalue weighted by atomic mass is 35.5. The normalized spacial score (nSPS) is 25.4. The first kappa shape index (κ1) is 17.7. The van der Waals surface area contributed by atoms with E-state index in [0.717, 1.165) is 6.42 Å². The number of carbonyl (C=O) groups excluding carboxylic acids is 1. The van der Waals surface area contributed by atoms with Gasteiger partial charge >= 0.3 is 0 Å². The number of halogens is 1. The highest BCUT2D eigenvalue weighted by Gasteiger charge is 2.25. The predicted octanol–water partition coefficient (Wildman–Crippen LogP) is 2.72. The third-order valence-electron chi connectivity index (χ3n) is 4.20. The van der Waals surface area contributed by atoms with Crippen molar-refractivity contribution in [3.63, 3.8) is 0 Å². The number of amides is 1. The Kier molecular flexibility index (Phi) is 8.62. The summed E-state index contributed by atoms with van der Waals surface area (Å²) in [5.41, 5.74) is 5.77. The summed E-state index contributed by atoms with van der Waals surface area (Å²) in [4.78, 5) is 11.9. The van der Waals surface area contributed by atoms with Crippen molar-refractivity contribution in [1.29, 1.82) is 0 Å². The Hall–Kier alpha value is -0.280. The van der Waals surface area contributed by atoms with Crippen LogP contribution in [0.1, 0.15) is 52.9 Å². The Labute approximate surface area is 118 Å². The van der Waals surface area contributed by atoms with Gasteiger partial charge in [-0.3, -0.25) is 4.79 Å². The van der Waals surface area contributed by atoms with E-state index >= 15 is 0 Å². The Morgan fingerprint density at radius 1 is 1.28 bits per heavy atom. The molecule has 1 aliphatic rings. The zero-order valence-electron chi connectivity index (χ0n) is 11.9. The molecule has 1 rings (SSSR count). The fourth-order valence-corrected chi connectivity index (χ4v) is 2.47. The maximum atomic E-state index is 11.9. The predicted molar refractivity (Wildman–Crippen MR) is 78.8 cm³/mol. The Morgan fingerprint density at radius 3 is 2.44 bits per heavy atom. The highest BCUT2D eigenvalue weighted by Crippen LogP contribution is 2.24. The molecule has 18 heavy (non-hydrogen) atoms. The molecule has 3 atom stereocenters. The van der Waals surface area contributed by atoms with E-state index in [4.69, 9.17) is 5.73 Å². The topological polar surface area (TPSA) is 55.1 Å². The molecule has 3 N–H and O–H groups in total. The third-order valence-corrected chi connectivity index (χ3v) is 4.20. The number of carbonyl (C=O) groups is 1. The fraction of sp³-hybridized carbons (Fsp3) is 0.929. The molecule has 0 bridgehead atoms. The van der Waals surface area contributed by atoms with Gasteiger partial charge in [-0.2, -0.15) is 0 Å². The Bertz CT molecular complexity index is 246. The molecule has 4 heteroatoms. The van der Waals surface area contributed by atoms with Gasteiger partial charge in [0.1, 0.15) is 0 Å². The quantitative estimate of drug-likeness (QED) is 0.811. The molecular formula is C14H29ClN2O. The van der Waals surface area contributed by atoms with Crippen LogP contribution < -0.4 is 11.1 Å². The van der Waals surface area contributed by atoms with Crippen molar-refractivity contribution in [2.24, 2.45) is 23.5 Å². The maximum absolute atomic E-state index is 11.9. The SMILES string of the molecule is CC(C)C(C)CC(=O)NC1CCCCC1CN.Cl. The minimum Gasteiger partial charge on any atom is -0.353 e. The lowest BCUT2D eigenvalue weighted by Gasteiger charge is -2.31. The summed E-state index contributed by atoms with van der Waals surface area (Å²) in [6, 6.07) is 0.320. The van der Waals surface area contributed by atoms with E-state index in [1.165, 1.54) is 19.3 Å². The van der Waals surface area contributed by atoms with Crippen molar-refractivity contribution in [3.8, 4) is 0 Å². The molecule has 1 amide bonds. The molecule has 0 radical (unpaired) electrons. The van der Waals surface area contributed by atoms with Crippen LogP contribution in [-0.4, -0.2) is 18.5 Å². The van der Waals surface area contributed by atoms with Crippen LogP contribution in [0.5, 0.6) is 0 Å². The van der Waals surface area contributed by atoms with Crippen molar-refractivity contribution in [3.05, 3.63) is 0 Å². The molecule has 0 saturated heterocycles. The summed E-state index contributed by atoms with van der Waals surface area (Å²) in [6.45, 7) is 7.18. The number of rotatable bonds is 5. The Balaban J connectivity index is 0.00000289. The van der Waals surface area contributed by atoms with Crippen LogP contribution in [0.4, 0.5) is 0 Å². The lowest BCUT2D eigenvalue weighted by atomic mass is 9.84. The van der Waals surface area contributed by atoms with Gasteiger partial charge in [0.25, 0.3) is 0 Å². The highest BCUT2D eigenvalue weighted by molar-refractivity contribution is 5.85. The maximum Gasteiger partial charge on any atom is 0.220 e. The van der Waals surface area contributed by atoms with E-state index in [2.05, 4.69) is 26.1 Å². The van der Waals surface area contributed by atoms with E-state index < -0.39 is 0 Å². The van der Waals surface area contributed by atoms with E-state index in [9.17, 15) is 4.79 Å². The van der Waals surface area contributed by atoms with E-state index in [-0.39, 0.29) is 18.3 Å². The third kappa shape index (κ3) is 5.57. The fourth-order valence-electron chi connectivity index (χ4n) is 2.47. The van der Waals surface area contributed by atoms with Crippen LogP contribution >= 0.6 is 12.4 Å². The minimum absolute atomic E-state index is 0. The molecule has 0 aliphatic heterocycles. The molecule has 1 saturated carbocycles. The first-order valence-corrected chi connectivity index (χ1v) is 7.04. The number of nitrogens with one attached hydrogen (secondary N) is 1. The van der Waals surface area contributed by atoms with Gasteiger partial charge in [0.2, 0.25) is 5.91 Å². The second kappa shape index (κ2) is 8.76. The van der Waals surface area contributed by atoms with Crippen LogP contribution in [0.25, 0.3) is 0 Å². The average molecular weight is 277 g/mol. The van der Waals surface area contributed by atoms with Crippen molar-refractivity contribution in [1.82, 2.24) is 5.32 Å². The molecule has 0 aromatic rings. The first-order valence-electron chi connectivity index (χ1n) is 7.04. The molecule has 3 nitrogen and oxygen atoms in total. The summed E-state index contributed by atoms with van der Waals surface area (Å²) < 4.78 is 0. The second-order valence-electron chi connectivity index (χ2n) is 5.88. The van der Waals surface area contributed by atoms with Gasteiger partial charge in [0, 0.05) is 12.5 Å². The average Bonchev–Trinajstić information content (AvgIpc) is 2.29.